The fourth-order valence-electron chi connectivity index (χ4n) is 2.03. The van der Waals surface area contributed by atoms with E-state index in [9.17, 15) is 4.79 Å². The van der Waals surface area contributed by atoms with Crippen molar-refractivity contribution in [1.29, 1.82) is 0 Å². The lowest BCUT2D eigenvalue weighted by Gasteiger charge is -2.16. The van der Waals surface area contributed by atoms with Crippen LogP contribution in [0.1, 0.15) is 45.2 Å². The summed E-state index contributed by atoms with van der Waals surface area (Å²) >= 11 is 0. The highest BCUT2D eigenvalue weighted by Crippen LogP contribution is 2.20. The number of hydrogen-bond acceptors (Lipinski definition) is 3. The third-order valence-electron chi connectivity index (χ3n) is 3.24. The number of benzene rings is 1. The maximum atomic E-state index is 11.8. The molecular weight excluding hydrogens is 252 g/mol. The Labute approximate surface area is 120 Å². The molecule has 1 saturated carbocycles. The van der Waals surface area contributed by atoms with Crippen molar-refractivity contribution in [2.45, 2.75) is 51.8 Å². The Morgan fingerprint density at radius 1 is 1.35 bits per heavy atom. The summed E-state index contributed by atoms with van der Waals surface area (Å²) < 4.78 is 5.67. The Morgan fingerprint density at radius 2 is 2.10 bits per heavy atom. The third kappa shape index (κ3) is 4.85. The van der Waals surface area contributed by atoms with Crippen LogP contribution in [0.2, 0.25) is 0 Å². The average Bonchev–Trinajstić information content (AvgIpc) is 3.20. The van der Waals surface area contributed by atoms with Crippen molar-refractivity contribution in [3.63, 3.8) is 0 Å². The van der Waals surface area contributed by atoms with E-state index < -0.39 is 0 Å². The molecule has 1 aliphatic carbocycles. The zero-order valence-electron chi connectivity index (χ0n) is 12.5. The van der Waals surface area contributed by atoms with Gasteiger partial charge >= 0.3 is 0 Å². The average molecular weight is 276 g/mol. The summed E-state index contributed by atoms with van der Waals surface area (Å²) in [4.78, 5) is 11.8. The lowest BCUT2D eigenvalue weighted by molar-refractivity contribution is -0.120. The molecule has 0 aromatic heterocycles. The van der Waals surface area contributed by atoms with Crippen molar-refractivity contribution in [2.24, 2.45) is 0 Å². The minimum atomic E-state index is -0.0146. The van der Waals surface area contributed by atoms with Crippen molar-refractivity contribution in [1.82, 2.24) is 10.6 Å². The van der Waals surface area contributed by atoms with Crippen LogP contribution < -0.4 is 15.4 Å². The largest absolute Gasteiger partial charge is 0.491 e. The Hall–Kier alpha value is -1.55. The van der Waals surface area contributed by atoms with Crippen LogP contribution in [0.5, 0.6) is 5.75 Å². The van der Waals surface area contributed by atoms with E-state index in [0.29, 0.717) is 12.6 Å². The van der Waals surface area contributed by atoms with Crippen molar-refractivity contribution in [3.8, 4) is 5.75 Å². The molecule has 1 atom stereocenters. The topological polar surface area (TPSA) is 50.4 Å². The van der Waals surface area contributed by atoms with Gasteiger partial charge < -0.3 is 15.4 Å². The summed E-state index contributed by atoms with van der Waals surface area (Å²) in [7, 11) is 0. The molecule has 1 aliphatic rings. The third-order valence-corrected chi connectivity index (χ3v) is 3.24. The lowest BCUT2D eigenvalue weighted by Crippen LogP contribution is -2.36. The highest BCUT2D eigenvalue weighted by atomic mass is 16.5. The minimum Gasteiger partial charge on any atom is -0.491 e. The van der Waals surface area contributed by atoms with Gasteiger partial charge in [0.2, 0.25) is 5.91 Å². The molecule has 0 radical (unpaired) electrons. The van der Waals surface area contributed by atoms with Gasteiger partial charge in [-0.25, -0.2) is 0 Å². The van der Waals surface area contributed by atoms with Crippen molar-refractivity contribution in [3.05, 3.63) is 29.8 Å². The summed E-state index contributed by atoms with van der Waals surface area (Å²) in [5, 5.41) is 6.22. The number of amides is 1. The summed E-state index contributed by atoms with van der Waals surface area (Å²) in [5.41, 5.74) is 1.06. The Balaban J connectivity index is 1.86. The molecule has 20 heavy (non-hydrogen) atoms. The second kappa shape index (κ2) is 6.75. The van der Waals surface area contributed by atoms with E-state index >= 15 is 0 Å². The Bertz CT molecular complexity index is 456. The fraction of sp³-hybridized carbons (Fsp3) is 0.562. The van der Waals surface area contributed by atoms with Gasteiger partial charge in [-0.1, -0.05) is 12.1 Å². The molecule has 1 aromatic carbocycles. The highest BCUT2D eigenvalue weighted by molar-refractivity contribution is 5.78. The molecule has 0 heterocycles. The number of nitrogens with one attached hydrogen (secondary N) is 2. The van der Waals surface area contributed by atoms with Gasteiger partial charge in [0.25, 0.3) is 0 Å². The first-order chi connectivity index (χ1) is 9.54. The molecule has 2 N–H and O–H groups in total. The van der Waals surface area contributed by atoms with Crippen molar-refractivity contribution in [2.75, 3.05) is 6.54 Å². The predicted octanol–water partition coefficient (Wildman–Crippen LogP) is 2.40. The quantitative estimate of drug-likeness (QED) is 0.804. The number of hydrogen-bond donors (Lipinski definition) is 2. The van der Waals surface area contributed by atoms with Crippen LogP contribution in [0.25, 0.3) is 0 Å². The molecule has 0 saturated heterocycles. The van der Waals surface area contributed by atoms with Gasteiger partial charge in [0.15, 0.2) is 0 Å². The van der Waals surface area contributed by atoms with Crippen LogP contribution in [-0.2, 0) is 4.79 Å². The molecule has 2 rings (SSSR count). The second-order valence-corrected chi connectivity index (χ2v) is 5.68. The lowest BCUT2D eigenvalue weighted by atomic mass is 10.1. The molecule has 1 aromatic rings. The van der Waals surface area contributed by atoms with Gasteiger partial charge in [-0.05, 0) is 51.3 Å². The van der Waals surface area contributed by atoms with Crippen LogP contribution in [0.4, 0.5) is 0 Å². The summed E-state index contributed by atoms with van der Waals surface area (Å²) in [5.74, 6) is 0.884. The predicted molar refractivity (Wildman–Crippen MR) is 79.8 cm³/mol. The Morgan fingerprint density at radius 3 is 2.75 bits per heavy atom. The number of ether oxygens (including phenoxy) is 1. The molecule has 4 nitrogen and oxygen atoms in total. The van der Waals surface area contributed by atoms with Crippen LogP contribution in [0.15, 0.2) is 24.3 Å². The Kier molecular flexibility index (Phi) is 5.01. The van der Waals surface area contributed by atoms with Gasteiger partial charge in [0, 0.05) is 6.04 Å². The minimum absolute atomic E-state index is 0.0146. The molecule has 0 aliphatic heterocycles. The number of carbonyl (C=O) groups excluding carboxylic acids is 1. The zero-order valence-corrected chi connectivity index (χ0v) is 12.5. The van der Waals surface area contributed by atoms with Crippen LogP contribution >= 0.6 is 0 Å². The first-order valence-corrected chi connectivity index (χ1v) is 7.34. The number of carbonyl (C=O) groups is 1. The van der Waals surface area contributed by atoms with Crippen LogP contribution in [0.3, 0.4) is 0 Å². The van der Waals surface area contributed by atoms with E-state index in [1.54, 1.807) is 0 Å². The SMILES string of the molecule is CC(C)Oc1cccc(C(C)NC(=O)CNC2CC2)c1. The van der Waals surface area contributed by atoms with Crippen LogP contribution in [-0.4, -0.2) is 24.6 Å². The maximum absolute atomic E-state index is 11.8. The first kappa shape index (κ1) is 14.9. The number of rotatable bonds is 7. The molecule has 1 fully saturated rings. The van der Waals surface area contributed by atoms with E-state index in [1.807, 2.05) is 45.0 Å². The summed E-state index contributed by atoms with van der Waals surface area (Å²) in [6.07, 6.45) is 2.53. The maximum Gasteiger partial charge on any atom is 0.234 e. The van der Waals surface area contributed by atoms with E-state index in [-0.39, 0.29) is 18.1 Å². The van der Waals surface area contributed by atoms with E-state index in [0.717, 1.165) is 11.3 Å². The van der Waals surface area contributed by atoms with E-state index in [2.05, 4.69) is 10.6 Å². The molecule has 0 bridgehead atoms. The monoisotopic (exact) mass is 276 g/mol. The van der Waals surface area contributed by atoms with Gasteiger partial charge in [0.05, 0.1) is 18.7 Å². The molecule has 0 spiro atoms. The van der Waals surface area contributed by atoms with E-state index in [4.69, 9.17) is 4.74 Å². The summed E-state index contributed by atoms with van der Waals surface area (Å²) in [6.45, 7) is 6.39. The normalized spacial score (nSPS) is 16.0. The van der Waals surface area contributed by atoms with Gasteiger partial charge in [0.1, 0.15) is 5.75 Å². The second-order valence-electron chi connectivity index (χ2n) is 5.68. The van der Waals surface area contributed by atoms with E-state index in [1.165, 1.54) is 12.8 Å². The first-order valence-electron chi connectivity index (χ1n) is 7.34. The molecular formula is C16H24N2O2. The van der Waals surface area contributed by atoms with Gasteiger partial charge in [-0.15, -0.1) is 0 Å². The van der Waals surface area contributed by atoms with Gasteiger partial charge in [-0.2, -0.15) is 0 Å². The van der Waals surface area contributed by atoms with Crippen molar-refractivity contribution < 1.29 is 9.53 Å². The van der Waals surface area contributed by atoms with Crippen molar-refractivity contribution >= 4 is 5.91 Å². The molecule has 110 valence electrons. The highest BCUT2D eigenvalue weighted by Gasteiger charge is 2.21. The van der Waals surface area contributed by atoms with Crippen LogP contribution in [0, 0.1) is 0 Å². The smallest absolute Gasteiger partial charge is 0.234 e. The summed E-state index contributed by atoms with van der Waals surface area (Å²) in [6, 6.07) is 8.43. The standard InChI is InChI=1S/C16H24N2O2/c1-11(2)20-15-6-4-5-13(9-15)12(3)18-16(19)10-17-14-7-8-14/h4-6,9,11-12,14,17H,7-8,10H2,1-3H3,(H,18,19). The zero-order chi connectivity index (χ0) is 14.5. The molecule has 1 amide bonds. The fourth-order valence-corrected chi connectivity index (χ4v) is 2.03. The van der Waals surface area contributed by atoms with Gasteiger partial charge in [-0.3, -0.25) is 4.79 Å². The molecule has 4 heteroatoms. The molecule has 1 unspecified atom stereocenters.